The van der Waals surface area contributed by atoms with Crippen LogP contribution in [0, 0.1) is 22.9 Å². The van der Waals surface area contributed by atoms with Gasteiger partial charge in [-0.2, -0.15) is 4.39 Å². The van der Waals surface area contributed by atoms with Crippen molar-refractivity contribution in [3.63, 3.8) is 0 Å². The molecular weight excluding hydrogens is 373 g/mol. The van der Waals surface area contributed by atoms with Crippen LogP contribution in [0.25, 0.3) is 0 Å². The number of unbranched alkanes of at least 4 members (excludes halogenated alkanes) is 12. The maximum absolute atomic E-state index is 13.2. The van der Waals surface area contributed by atoms with Gasteiger partial charge in [-0.1, -0.05) is 97.3 Å². The fourth-order valence-corrected chi connectivity index (χ4v) is 3.13. The largest absolute Gasteiger partial charge is 0.478 e. The molecule has 166 valence electrons. The number of nitro benzene ring substituents is 1. The number of aromatic carboxylic acids is 1. The summed E-state index contributed by atoms with van der Waals surface area (Å²) in [6.07, 6.45) is 18.9. The molecule has 0 aliphatic carbocycles. The van der Waals surface area contributed by atoms with E-state index in [0.29, 0.717) is 0 Å². The molecule has 0 atom stereocenters. The fraction of sp³-hybridized carbons (Fsp3) is 0.696. The lowest BCUT2D eigenvalue weighted by Crippen LogP contribution is -2.04. The second-order valence-electron chi connectivity index (χ2n) is 7.52. The first-order valence-electron chi connectivity index (χ1n) is 11.0. The van der Waals surface area contributed by atoms with Crippen molar-refractivity contribution in [1.29, 1.82) is 0 Å². The van der Waals surface area contributed by atoms with E-state index in [9.17, 15) is 19.3 Å². The SMILES string of the molecule is CCCCCCCCCCCCCCC.Cc1c(C(=O)O)ccc([N+](=O)[O-])c1F. The van der Waals surface area contributed by atoms with E-state index in [4.69, 9.17) is 5.11 Å². The van der Waals surface area contributed by atoms with E-state index in [0.717, 1.165) is 12.1 Å². The normalized spacial score (nSPS) is 10.3. The van der Waals surface area contributed by atoms with Crippen LogP contribution in [0.1, 0.15) is 113 Å². The van der Waals surface area contributed by atoms with Gasteiger partial charge in [-0.05, 0) is 13.0 Å². The molecule has 1 rings (SSSR count). The van der Waals surface area contributed by atoms with Gasteiger partial charge in [0.2, 0.25) is 5.82 Å². The predicted molar refractivity (Wildman–Crippen MR) is 116 cm³/mol. The molecular formula is C23H38FNO4. The molecule has 29 heavy (non-hydrogen) atoms. The van der Waals surface area contributed by atoms with E-state index in [1.54, 1.807) is 0 Å². The van der Waals surface area contributed by atoms with E-state index >= 15 is 0 Å². The van der Waals surface area contributed by atoms with E-state index in [1.165, 1.54) is 90.4 Å². The number of benzene rings is 1. The van der Waals surface area contributed by atoms with Gasteiger partial charge < -0.3 is 5.11 Å². The van der Waals surface area contributed by atoms with Crippen LogP contribution in [0.15, 0.2) is 12.1 Å². The summed E-state index contributed by atoms with van der Waals surface area (Å²) in [4.78, 5) is 19.9. The number of rotatable bonds is 14. The van der Waals surface area contributed by atoms with Gasteiger partial charge in [0, 0.05) is 11.6 Å². The Hall–Kier alpha value is -1.98. The van der Waals surface area contributed by atoms with Crippen LogP contribution < -0.4 is 0 Å². The molecule has 6 heteroatoms. The van der Waals surface area contributed by atoms with Crippen molar-refractivity contribution in [1.82, 2.24) is 0 Å². The van der Waals surface area contributed by atoms with Crippen molar-refractivity contribution in [3.05, 3.63) is 39.2 Å². The second kappa shape index (κ2) is 16.9. The van der Waals surface area contributed by atoms with Gasteiger partial charge in [-0.3, -0.25) is 10.1 Å². The molecule has 0 unspecified atom stereocenters. The highest BCUT2D eigenvalue weighted by Gasteiger charge is 2.20. The summed E-state index contributed by atoms with van der Waals surface area (Å²) < 4.78 is 13.2. The monoisotopic (exact) mass is 411 g/mol. The van der Waals surface area contributed by atoms with Crippen LogP contribution >= 0.6 is 0 Å². The first-order chi connectivity index (χ1) is 13.9. The maximum atomic E-state index is 13.2. The van der Waals surface area contributed by atoms with Crippen LogP contribution in [0.5, 0.6) is 0 Å². The Labute approximate surface area is 174 Å². The first kappa shape index (κ1) is 27.0. The lowest BCUT2D eigenvalue weighted by Gasteiger charge is -2.01. The molecule has 0 saturated carbocycles. The van der Waals surface area contributed by atoms with Crippen molar-refractivity contribution in [3.8, 4) is 0 Å². The smallest absolute Gasteiger partial charge is 0.336 e. The van der Waals surface area contributed by atoms with E-state index in [1.807, 2.05) is 0 Å². The minimum absolute atomic E-state index is 0.230. The number of carboxylic acid groups (broad SMARTS) is 1. The van der Waals surface area contributed by atoms with Crippen LogP contribution in [0.2, 0.25) is 0 Å². The van der Waals surface area contributed by atoms with Gasteiger partial charge in [-0.15, -0.1) is 0 Å². The van der Waals surface area contributed by atoms with Crippen LogP contribution in [0.3, 0.4) is 0 Å². The van der Waals surface area contributed by atoms with E-state index in [-0.39, 0.29) is 11.1 Å². The Morgan fingerprint density at radius 2 is 1.28 bits per heavy atom. The number of carbonyl (C=O) groups is 1. The van der Waals surface area contributed by atoms with Crippen molar-refractivity contribution in [2.75, 3.05) is 0 Å². The third-order valence-corrected chi connectivity index (χ3v) is 5.00. The Morgan fingerprint density at radius 1 is 0.897 bits per heavy atom. The van der Waals surface area contributed by atoms with Gasteiger partial charge in [-0.25, -0.2) is 4.79 Å². The fourth-order valence-electron chi connectivity index (χ4n) is 3.13. The minimum atomic E-state index is -1.31. The Kier molecular flexibility index (Phi) is 15.8. The van der Waals surface area contributed by atoms with Crippen LogP contribution in [0.4, 0.5) is 10.1 Å². The minimum Gasteiger partial charge on any atom is -0.478 e. The molecule has 0 saturated heterocycles. The number of nitro groups is 1. The van der Waals surface area contributed by atoms with Crippen LogP contribution in [-0.4, -0.2) is 16.0 Å². The Bertz CT molecular complexity index is 554. The lowest BCUT2D eigenvalue weighted by molar-refractivity contribution is -0.387. The average Bonchev–Trinajstić information content (AvgIpc) is 2.68. The molecule has 0 aromatic heterocycles. The highest BCUT2D eigenvalue weighted by molar-refractivity contribution is 5.89. The second-order valence-corrected chi connectivity index (χ2v) is 7.52. The van der Waals surface area contributed by atoms with Crippen molar-refractivity contribution in [2.45, 2.75) is 104 Å². The standard InChI is InChI=1S/C15H32.C8H6FNO4/c1-3-5-7-9-11-13-15-14-12-10-8-6-4-2;1-4-5(8(11)12)2-3-6(7(4)9)10(13)14/h3-15H2,1-2H3;2-3H,1H3,(H,11,12). The third kappa shape index (κ3) is 12.2. The summed E-state index contributed by atoms with van der Waals surface area (Å²) in [6.45, 7) is 5.76. The quantitative estimate of drug-likeness (QED) is 0.192. The van der Waals surface area contributed by atoms with Gasteiger partial charge >= 0.3 is 11.7 Å². The molecule has 0 amide bonds. The Morgan fingerprint density at radius 3 is 1.59 bits per heavy atom. The predicted octanol–water partition coefficient (Wildman–Crippen LogP) is 7.84. The Balaban J connectivity index is 0.000000541. The van der Waals surface area contributed by atoms with Gasteiger partial charge in [0.1, 0.15) is 0 Å². The maximum Gasteiger partial charge on any atom is 0.336 e. The number of hydrogen-bond acceptors (Lipinski definition) is 3. The molecule has 0 aliphatic rings. The zero-order valence-electron chi connectivity index (χ0n) is 18.3. The number of halogens is 1. The van der Waals surface area contributed by atoms with Gasteiger partial charge in [0.25, 0.3) is 0 Å². The summed E-state index contributed by atoms with van der Waals surface area (Å²) in [6, 6.07) is 1.85. The van der Waals surface area contributed by atoms with Crippen molar-refractivity contribution < 1.29 is 19.2 Å². The van der Waals surface area contributed by atoms with Crippen LogP contribution in [-0.2, 0) is 0 Å². The third-order valence-electron chi connectivity index (χ3n) is 5.00. The molecule has 1 aromatic carbocycles. The molecule has 0 spiro atoms. The highest BCUT2D eigenvalue weighted by atomic mass is 19.1. The molecule has 5 nitrogen and oxygen atoms in total. The topological polar surface area (TPSA) is 80.4 Å². The number of nitrogens with zero attached hydrogens (tertiary/aromatic N) is 1. The first-order valence-corrected chi connectivity index (χ1v) is 11.0. The lowest BCUT2D eigenvalue weighted by atomic mass is 10.1. The molecule has 1 aromatic rings. The average molecular weight is 412 g/mol. The summed E-state index contributed by atoms with van der Waals surface area (Å²) >= 11 is 0. The number of carboxylic acids is 1. The van der Waals surface area contributed by atoms with Gasteiger partial charge in [0.05, 0.1) is 10.5 Å². The molecule has 0 bridgehead atoms. The van der Waals surface area contributed by atoms with E-state index in [2.05, 4.69) is 13.8 Å². The summed E-state index contributed by atoms with van der Waals surface area (Å²) in [7, 11) is 0. The summed E-state index contributed by atoms with van der Waals surface area (Å²) in [5.74, 6) is -2.41. The molecule has 1 N–H and O–H groups in total. The molecule has 0 aliphatic heterocycles. The molecule has 0 fully saturated rings. The van der Waals surface area contributed by atoms with Crippen molar-refractivity contribution >= 4 is 11.7 Å². The van der Waals surface area contributed by atoms with Crippen molar-refractivity contribution in [2.24, 2.45) is 0 Å². The highest BCUT2D eigenvalue weighted by Crippen LogP contribution is 2.22. The van der Waals surface area contributed by atoms with E-state index < -0.39 is 22.4 Å². The zero-order valence-corrected chi connectivity index (χ0v) is 18.3. The molecule has 0 radical (unpaired) electrons. The zero-order chi connectivity index (χ0) is 22.1. The summed E-state index contributed by atoms with van der Waals surface area (Å²) in [5.41, 5.74) is -1.22. The van der Waals surface area contributed by atoms with Gasteiger partial charge in [0.15, 0.2) is 0 Å². The summed E-state index contributed by atoms with van der Waals surface area (Å²) in [5, 5.41) is 18.9. The molecule has 0 heterocycles. The number of hydrogen-bond donors (Lipinski definition) is 1.